The Labute approximate surface area is 517 Å². The molecule has 21 nitrogen and oxygen atoms in total. The van der Waals surface area contributed by atoms with Crippen LogP contribution >= 0.6 is 0 Å². The Morgan fingerprint density at radius 2 is 1.04 bits per heavy atom. The number of hydrogen-bond acceptors (Lipinski definition) is 20. The molecule has 10 rings (SSSR count). The van der Waals surface area contributed by atoms with Crippen LogP contribution < -0.4 is 0 Å². The van der Waals surface area contributed by atoms with E-state index in [2.05, 4.69) is 6.92 Å². The van der Waals surface area contributed by atoms with E-state index in [1.54, 1.807) is 12.1 Å². The van der Waals surface area contributed by atoms with Crippen molar-refractivity contribution in [1.29, 1.82) is 0 Å². The van der Waals surface area contributed by atoms with Gasteiger partial charge in [0.15, 0.2) is 37.4 Å². The number of fused-ring (bicyclic) bond motifs is 2. The summed E-state index contributed by atoms with van der Waals surface area (Å²) >= 11 is 0. The van der Waals surface area contributed by atoms with Crippen LogP contribution in [0.1, 0.15) is 115 Å². The molecular formula is C68H79NO20. The van der Waals surface area contributed by atoms with Crippen LogP contribution in [-0.4, -0.2) is 158 Å². The van der Waals surface area contributed by atoms with Crippen LogP contribution in [0.15, 0.2) is 146 Å². The molecule has 5 aromatic rings. The number of aliphatic hydroxyl groups excluding tert-OH is 1. The third-order valence-electron chi connectivity index (χ3n) is 16.1. The van der Waals surface area contributed by atoms with Gasteiger partial charge in [0.2, 0.25) is 0 Å². The van der Waals surface area contributed by atoms with Gasteiger partial charge in [0, 0.05) is 32.9 Å². The van der Waals surface area contributed by atoms with Gasteiger partial charge in [0.05, 0.1) is 44.2 Å². The van der Waals surface area contributed by atoms with Crippen molar-refractivity contribution in [2.75, 3.05) is 26.4 Å². The van der Waals surface area contributed by atoms with Crippen molar-refractivity contribution in [2.45, 2.75) is 184 Å². The second-order valence-electron chi connectivity index (χ2n) is 22.6. The van der Waals surface area contributed by atoms with Gasteiger partial charge in [-0.1, -0.05) is 172 Å². The monoisotopic (exact) mass is 1230 g/mol. The molecule has 0 bridgehead atoms. The molecule has 1 unspecified atom stereocenters. The summed E-state index contributed by atoms with van der Waals surface area (Å²) < 4.78 is 92.9. The van der Waals surface area contributed by atoms with Gasteiger partial charge >= 0.3 is 17.9 Å². The molecule has 5 aliphatic rings. The average Bonchev–Trinajstić information content (AvgIpc) is 1.74. The highest BCUT2D eigenvalue weighted by Crippen LogP contribution is 2.42. The molecule has 21 heteroatoms. The van der Waals surface area contributed by atoms with E-state index in [1.807, 2.05) is 121 Å². The van der Waals surface area contributed by atoms with Crippen molar-refractivity contribution in [1.82, 2.24) is 4.90 Å². The van der Waals surface area contributed by atoms with Crippen LogP contribution in [0.25, 0.3) is 0 Å². The number of ether oxygens (including phenoxy) is 14. The summed E-state index contributed by atoms with van der Waals surface area (Å²) in [5.74, 6) is -4.09. The van der Waals surface area contributed by atoms with E-state index < -0.39 is 135 Å². The van der Waals surface area contributed by atoms with E-state index in [0.29, 0.717) is 17.5 Å². The number of nitrogens with zero attached hydrogens (tertiary/aromatic N) is 1. The van der Waals surface area contributed by atoms with Crippen LogP contribution in [0.2, 0.25) is 0 Å². The Morgan fingerprint density at radius 3 is 1.65 bits per heavy atom. The molecule has 0 radical (unpaired) electrons. The molecule has 0 saturated carbocycles. The molecule has 0 spiro atoms. The normalized spacial score (nSPS) is 29.2. The van der Waals surface area contributed by atoms with Crippen LogP contribution in [0.5, 0.6) is 0 Å². The minimum atomic E-state index is -1.86. The molecular weight excluding hydrogens is 1150 g/mol. The average molecular weight is 1230 g/mol. The first kappa shape index (κ1) is 65.1. The lowest BCUT2D eigenvalue weighted by molar-refractivity contribution is -0.404. The standard InChI is InChI=1S/C68H79NO20/c1-5-6-7-8-9-24-35-77-67-55(73)60(58-53(85-67)41-81-65(87-58)48-31-20-13-21-32-48)88-68-62(80-38-47-29-18-12-19-30-47)61(56(79-37-46-27-16-11-17-28-46)51(86-68)39-76-36-45-25-14-10-15-26-45)89-66-54(69-63(74)49-33-22-23-34-50(49)64(69)75)59(83-44(4)72)57(82-43(3)71)52(84-66)40-78-42(2)70/h10-23,25-34,51-62,65-68,73H,5-9,24,35-41H2,1-4H3/t51-,52-,53-,54-,55-,56+,57+,58+,59-,60-,61+,62-,65?,66+,67-,68-/m1/s1. The molecule has 5 aromatic carbocycles. The van der Waals surface area contributed by atoms with E-state index in [4.69, 9.17) is 66.3 Å². The molecule has 4 saturated heterocycles. The van der Waals surface area contributed by atoms with Crippen molar-refractivity contribution in [3.63, 3.8) is 0 Å². The Kier molecular flexibility index (Phi) is 23.2. The smallest absolute Gasteiger partial charge is 0.303 e. The molecule has 0 aromatic heterocycles. The molecule has 89 heavy (non-hydrogen) atoms. The summed E-state index contributed by atoms with van der Waals surface area (Å²) in [6.45, 7) is 5.07. The first-order valence-corrected chi connectivity index (χ1v) is 30.6. The van der Waals surface area contributed by atoms with E-state index in [9.17, 15) is 29.1 Å². The second kappa shape index (κ2) is 31.8. The Balaban J connectivity index is 1.10. The van der Waals surface area contributed by atoms with E-state index in [-0.39, 0.29) is 50.8 Å². The second-order valence-corrected chi connectivity index (χ2v) is 22.6. The highest BCUT2D eigenvalue weighted by molar-refractivity contribution is 6.21. The molecule has 5 aliphatic heterocycles. The summed E-state index contributed by atoms with van der Waals surface area (Å²) in [7, 11) is 0. The third-order valence-corrected chi connectivity index (χ3v) is 16.1. The van der Waals surface area contributed by atoms with Crippen molar-refractivity contribution in [3.05, 3.63) is 179 Å². The first-order chi connectivity index (χ1) is 43.3. The summed E-state index contributed by atoms with van der Waals surface area (Å²) in [6, 6.07) is 41.8. The summed E-state index contributed by atoms with van der Waals surface area (Å²) in [6.07, 6.45) is -14.4. The maximum Gasteiger partial charge on any atom is 0.303 e. The zero-order valence-electron chi connectivity index (χ0n) is 50.4. The van der Waals surface area contributed by atoms with Crippen LogP contribution in [0, 0.1) is 0 Å². The Bertz CT molecular complexity index is 3030. The number of benzene rings is 5. The fourth-order valence-electron chi connectivity index (χ4n) is 11.8. The predicted molar refractivity (Wildman–Crippen MR) is 316 cm³/mol. The fraction of sp³-hybridized carbons (Fsp3) is 0.485. The van der Waals surface area contributed by atoms with Gasteiger partial charge in [-0.25, -0.2) is 0 Å². The minimum absolute atomic E-state index is 0.0226. The summed E-state index contributed by atoms with van der Waals surface area (Å²) in [4.78, 5) is 70.0. The summed E-state index contributed by atoms with van der Waals surface area (Å²) in [5.41, 5.74) is 3.07. The number of unbranched alkanes of at least 4 members (excludes halogenated alkanes) is 5. The maximum absolute atomic E-state index is 14.9. The SMILES string of the molecule is CCCCCCCCO[C@@H]1O[C@@H]2COC(c3ccccc3)O[C@@H]2[C@H](O[C@H]2O[C@H](COCc3ccccc3)[C@H](OCc3ccccc3)[C@H](O[C@@H]3O[C@H](COC(C)=O)[C@H](OC(C)=O)[C@H](OC(C)=O)[C@H]3N3C(=O)c4ccccc4C3=O)[C@H]2OCc2ccccc2)[C@H]1O. The van der Waals surface area contributed by atoms with Gasteiger partial charge in [-0.2, -0.15) is 0 Å². The lowest BCUT2D eigenvalue weighted by atomic mass is 9.93. The number of esters is 3. The molecule has 16 atom stereocenters. The highest BCUT2D eigenvalue weighted by atomic mass is 16.8. The lowest BCUT2D eigenvalue weighted by Crippen LogP contribution is -2.70. The highest BCUT2D eigenvalue weighted by Gasteiger charge is 2.61. The van der Waals surface area contributed by atoms with E-state index in [1.165, 1.54) is 19.1 Å². The molecule has 1 N–H and O–H groups in total. The maximum atomic E-state index is 14.9. The molecule has 4 fully saturated rings. The largest absolute Gasteiger partial charge is 0.463 e. The van der Waals surface area contributed by atoms with Crippen LogP contribution in [0.4, 0.5) is 0 Å². The van der Waals surface area contributed by atoms with E-state index >= 15 is 0 Å². The molecule has 0 aliphatic carbocycles. The number of amides is 2. The van der Waals surface area contributed by atoms with Gasteiger partial charge in [-0.3, -0.25) is 28.9 Å². The van der Waals surface area contributed by atoms with Gasteiger partial charge in [0.25, 0.3) is 11.8 Å². The Morgan fingerprint density at radius 1 is 0.517 bits per heavy atom. The molecule has 476 valence electrons. The minimum Gasteiger partial charge on any atom is -0.463 e. The van der Waals surface area contributed by atoms with Gasteiger partial charge in [0.1, 0.15) is 67.6 Å². The number of hydrogen-bond donors (Lipinski definition) is 1. The number of imide groups is 1. The zero-order valence-corrected chi connectivity index (χ0v) is 50.4. The number of aliphatic hydroxyl groups is 1. The van der Waals surface area contributed by atoms with Crippen LogP contribution in [0.3, 0.4) is 0 Å². The van der Waals surface area contributed by atoms with Gasteiger partial charge in [-0.05, 0) is 35.2 Å². The topological polar surface area (TPSA) is 238 Å². The van der Waals surface area contributed by atoms with Crippen molar-refractivity contribution < 1.29 is 95.4 Å². The quantitative estimate of drug-likeness (QED) is 0.0215. The van der Waals surface area contributed by atoms with Crippen molar-refractivity contribution >= 4 is 29.7 Å². The number of carbonyl (C=O) groups excluding carboxylic acids is 5. The van der Waals surface area contributed by atoms with Crippen molar-refractivity contribution in [3.8, 4) is 0 Å². The van der Waals surface area contributed by atoms with Crippen molar-refractivity contribution in [2.24, 2.45) is 0 Å². The van der Waals surface area contributed by atoms with Crippen LogP contribution in [-0.2, 0) is 101 Å². The fourth-order valence-corrected chi connectivity index (χ4v) is 11.8. The van der Waals surface area contributed by atoms with Gasteiger partial charge in [-0.15, -0.1) is 0 Å². The molecule has 5 heterocycles. The lowest BCUT2D eigenvalue weighted by Gasteiger charge is -2.52. The Hall–Kier alpha value is -6.83. The summed E-state index contributed by atoms with van der Waals surface area (Å²) in [5, 5.41) is 12.8. The van der Waals surface area contributed by atoms with Gasteiger partial charge < -0.3 is 71.4 Å². The van der Waals surface area contributed by atoms with E-state index in [0.717, 1.165) is 62.0 Å². The predicted octanol–water partition coefficient (Wildman–Crippen LogP) is 8.26. The molecule has 2 amide bonds. The third kappa shape index (κ3) is 16.6. The zero-order chi connectivity index (χ0) is 62.2. The first-order valence-electron chi connectivity index (χ1n) is 30.6. The number of carbonyl (C=O) groups is 5. The number of rotatable bonds is 28.